The van der Waals surface area contributed by atoms with Crippen molar-refractivity contribution in [1.82, 2.24) is 0 Å². The molecule has 6 heteroatoms. The molecule has 0 saturated heterocycles. The number of hydrogen-bond acceptors (Lipinski definition) is 4. The Hall–Kier alpha value is 0.523. The Bertz CT molecular complexity index is 157. The molecule has 0 radical (unpaired) electrons. The molecule has 1 fully saturated rings. The van der Waals surface area contributed by atoms with Crippen molar-refractivity contribution in [3.8, 4) is 0 Å². The van der Waals surface area contributed by atoms with E-state index in [1.807, 2.05) is 0 Å². The maximum absolute atomic E-state index is 10.2. The first-order valence-electron chi connectivity index (χ1n) is 3.02. The number of rotatable bonds is 3. The standard InChI is InChI=1S/C4H9N2O.H2O.O.Zr/c5-4(6,7)3-1-2-3;;;/h3H,1-2,5-6H2;1H2;;/q-1;;;+2/p-1. The van der Waals surface area contributed by atoms with Gasteiger partial charge in [-0.2, -0.15) is 0 Å². The molecule has 1 aliphatic carbocycles. The van der Waals surface area contributed by atoms with Crippen LogP contribution in [-0.2, 0) is 28.3 Å². The molecule has 1 aliphatic rings. The summed E-state index contributed by atoms with van der Waals surface area (Å²) in [4.78, 5) is 0. The molecule has 10 heavy (non-hydrogen) atoms. The predicted molar refractivity (Wildman–Crippen MR) is 27.8 cm³/mol. The number of hydrogen-bond donors (Lipinski definition) is 3. The molecule has 0 aromatic rings. The van der Waals surface area contributed by atoms with Gasteiger partial charge in [0.1, 0.15) is 0 Å². The Balaban J connectivity index is 2.41. The van der Waals surface area contributed by atoms with E-state index in [1.54, 1.807) is 0 Å². The van der Waals surface area contributed by atoms with Crippen LogP contribution in [0.1, 0.15) is 12.8 Å². The summed E-state index contributed by atoms with van der Waals surface area (Å²) in [5.74, 6) is -1.27. The SMILES string of the molecule is NC(N)([O][Zr](=[O])[OH])C1CC1. The first-order chi connectivity index (χ1) is 4.52. The quantitative estimate of drug-likeness (QED) is 0.522. The first kappa shape index (κ1) is 8.62. The zero-order valence-corrected chi connectivity index (χ0v) is 7.87. The van der Waals surface area contributed by atoms with Gasteiger partial charge in [0.15, 0.2) is 0 Å². The van der Waals surface area contributed by atoms with Crippen molar-refractivity contribution in [2.24, 2.45) is 17.4 Å². The second-order valence-electron chi connectivity index (χ2n) is 2.50. The summed E-state index contributed by atoms with van der Waals surface area (Å²) in [6.45, 7) is 0. The van der Waals surface area contributed by atoms with E-state index in [1.165, 1.54) is 0 Å². The van der Waals surface area contributed by atoms with Crippen molar-refractivity contribution in [1.29, 1.82) is 0 Å². The Morgan fingerprint density at radius 2 is 2.10 bits per heavy atom. The third-order valence-corrected chi connectivity index (χ3v) is 2.78. The second-order valence-corrected chi connectivity index (χ2v) is 4.30. The molecule has 58 valence electrons. The fourth-order valence-corrected chi connectivity index (χ4v) is 1.92. The first-order valence-corrected chi connectivity index (χ1v) is 6.12. The summed E-state index contributed by atoms with van der Waals surface area (Å²) in [6, 6.07) is 0. The van der Waals surface area contributed by atoms with Gasteiger partial charge in [-0.15, -0.1) is 0 Å². The third kappa shape index (κ3) is 2.29. The van der Waals surface area contributed by atoms with Gasteiger partial charge in [0, 0.05) is 0 Å². The van der Waals surface area contributed by atoms with Gasteiger partial charge >= 0.3 is 67.5 Å². The topological polar surface area (TPSA) is 98.6 Å². The normalized spacial score (nSPS) is 19.1. The zero-order valence-electron chi connectivity index (χ0n) is 5.41. The summed E-state index contributed by atoms with van der Waals surface area (Å²) in [7, 11) is 0. The van der Waals surface area contributed by atoms with Gasteiger partial charge in [0.2, 0.25) is 0 Å². The second kappa shape index (κ2) is 2.87. The van der Waals surface area contributed by atoms with Gasteiger partial charge in [-0.25, -0.2) is 0 Å². The molecule has 1 saturated carbocycles. The van der Waals surface area contributed by atoms with Crippen molar-refractivity contribution in [3.05, 3.63) is 0 Å². The summed E-state index contributed by atoms with van der Waals surface area (Å²) in [5, 5.41) is 0. The minimum absolute atomic E-state index is 0.0733. The van der Waals surface area contributed by atoms with Gasteiger partial charge in [-0.05, 0) is 0 Å². The number of nitrogens with two attached hydrogens (primary N) is 2. The average Bonchev–Trinajstić information content (AvgIpc) is 2.35. The van der Waals surface area contributed by atoms with Crippen LogP contribution in [0.15, 0.2) is 0 Å². The molecule has 5 N–H and O–H groups in total. The molecule has 0 aromatic carbocycles. The Morgan fingerprint density at radius 3 is 2.40 bits per heavy atom. The van der Waals surface area contributed by atoms with E-state index in [0.29, 0.717) is 0 Å². The van der Waals surface area contributed by atoms with Gasteiger partial charge < -0.3 is 0 Å². The predicted octanol–water partition coefficient (Wildman–Crippen LogP) is -1.23. The van der Waals surface area contributed by atoms with Gasteiger partial charge in [-0.1, -0.05) is 0 Å². The van der Waals surface area contributed by atoms with Crippen LogP contribution < -0.4 is 11.5 Å². The van der Waals surface area contributed by atoms with Gasteiger partial charge in [-0.3, -0.25) is 0 Å². The molecular formula is C4H10N2O3Zr. The van der Waals surface area contributed by atoms with E-state index in [0.717, 1.165) is 12.8 Å². The van der Waals surface area contributed by atoms with Crippen molar-refractivity contribution in [3.63, 3.8) is 0 Å². The summed E-state index contributed by atoms with van der Waals surface area (Å²) in [6.07, 6.45) is 1.78. The van der Waals surface area contributed by atoms with Crippen molar-refractivity contribution in [2.75, 3.05) is 0 Å². The van der Waals surface area contributed by atoms with Crippen LogP contribution >= 0.6 is 0 Å². The van der Waals surface area contributed by atoms with Crippen LogP contribution in [0.2, 0.25) is 0 Å². The van der Waals surface area contributed by atoms with Crippen LogP contribution in [0.4, 0.5) is 0 Å². The molecule has 0 aliphatic heterocycles. The molecule has 0 aromatic heterocycles. The summed E-state index contributed by atoms with van der Waals surface area (Å²) >= 11 is -3.80. The van der Waals surface area contributed by atoms with Crippen molar-refractivity contribution < 1.29 is 31.4 Å². The minimum atomic E-state index is -3.80. The maximum atomic E-state index is 10.2. The molecule has 5 nitrogen and oxygen atoms in total. The van der Waals surface area contributed by atoms with E-state index in [4.69, 9.17) is 14.7 Å². The Morgan fingerprint density at radius 1 is 1.60 bits per heavy atom. The molecule has 0 amide bonds. The Kier molecular flexibility index (Phi) is 2.47. The van der Waals surface area contributed by atoms with Crippen LogP contribution in [0.5, 0.6) is 0 Å². The fourth-order valence-electron chi connectivity index (χ4n) is 0.769. The molecule has 0 unspecified atom stereocenters. The van der Waals surface area contributed by atoms with E-state index in [9.17, 15) is 2.81 Å². The summed E-state index contributed by atoms with van der Waals surface area (Å²) in [5.41, 5.74) is 10.7. The molecule has 0 bridgehead atoms. The fraction of sp³-hybridized carbons (Fsp3) is 1.00. The molecule has 1 rings (SSSR count). The average molecular weight is 225 g/mol. The van der Waals surface area contributed by atoms with E-state index in [2.05, 4.69) is 2.81 Å². The Labute approximate surface area is 67.7 Å². The van der Waals surface area contributed by atoms with Crippen LogP contribution in [0, 0.1) is 5.92 Å². The van der Waals surface area contributed by atoms with Crippen molar-refractivity contribution >= 4 is 0 Å². The third-order valence-electron chi connectivity index (χ3n) is 1.48. The van der Waals surface area contributed by atoms with Crippen LogP contribution in [0.3, 0.4) is 0 Å². The van der Waals surface area contributed by atoms with Gasteiger partial charge in [0.25, 0.3) is 0 Å². The molecule has 0 spiro atoms. The van der Waals surface area contributed by atoms with E-state index in [-0.39, 0.29) is 5.92 Å². The summed E-state index contributed by atoms with van der Waals surface area (Å²) < 4.78 is 23.2. The van der Waals surface area contributed by atoms with E-state index >= 15 is 0 Å². The molecule has 0 heterocycles. The van der Waals surface area contributed by atoms with Crippen LogP contribution in [0.25, 0.3) is 0 Å². The molecular weight excluding hydrogens is 215 g/mol. The monoisotopic (exact) mass is 224 g/mol. The van der Waals surface area contributed by atoms with Gasteiger partial charge in [0.05, 0.1) is 0 Å². The van der Waals surface area contributed by atoms with E-state index < -0.39 is 28.5 Å². The van der Waals surface area contributed by atoms with Crippen molar-refractivity contribution in [2.45, 2.75) is 18.7 Å². The van der Waals surface area contributed by atoms with Crippen LogP contribution in [-0.4, -0.2) is 9.03 Å². The molecule has 0 atom stereocenters. The zero-order chi connectivity index (χ0) is 7.78.